The minimum atomic E-state index is -2.73. The summed E-state index contributed by atoms with van der Waals surface area (Å²) in [6.45, 7) is 0. The zero-order valence-electron chi connectivity index (χ0n) is 8.65. The average molecular weight is 345 g/mol. The molecule has 0 aromatic heterocycles. The van der Waals surface area contributed by atoms with Gasteiger partial charge in [-0.3, -0.25) is 0 Å². The van der Waals surface area contributed by atoms with Crippen molar-refractivity contribution in [2.75, 3.05) is 38.1 Å². The molecule has 0 aromatic carbocycles. The van der Waals surface area contributed by atoms with E-state index in [0.717, 1.165) is 13.6 Å². The Bertz CT molecular complexity index is 146. The second-order valence-electron chi connectivity index (χ2n) is 3.20. The van der Waals surface area contributed by atoms with E-state index in [1.807, 2.05) is 0 Å². The van der Waals surface area contributed by atoms with Gasteiger partial charge in [0.05, 0.1) is 0 Å². The van der Waals surface area contributed by atoms with Crippen molar-refractivity contribution >= 4 is 24.5 Å². The molecule has 0 saturated carbocycles. The predicted octanol–water partition coefficient (Wildman–Crippen LogP) is -1.48. The van der Waals surface area contributed by atoms with Gasteiger partial charge in [-0.05, 0) is 0 Å². The van der Waals surface area contributed by atoms with Crippen molar-refractivity contribution in [1.29, 1.82) is 0 Å². The molecule has 0 bridgehead atoms. The Hall–Kier alpha value is 1.40. The van der Waals surface area contributed by atoms with Gasteiger partial charge in [0.1, 0.15) is 0 Å². The van der Waals surface area contributed by atoms with Crippen LogP contribution >= 0.6 is 24.5 Å². The molecule has 0 atom stereocenters. The molecular formula is C6H21ClNiO6P2. The van der Waals surface area contributed by atoms with Gasteiger partial charge in [0.2, 0.25) is 0 Å². The van der Waals surface area contributed by atoms with Gasteiger partial charge >= 0.3 is 94.4 Å². The Kier molecular flexibility index (Phi) is 11.5. The molecule has 10 heteroatoms. The molecular weight excluding hydrogens is 324 g/mol. The Morgan fingerprint density at radius 2 is 0.750 bits per heavy atom. The number of halogens is 1. The van der Waals surface area contributed by atoms with E-state index in [4.69, 9.17) is 30.6 Å². The molecule has 0 aliphatic rings. The molecule has 16 heavy (non-hydrogen) atoms. The van der Waals surface area contributed by atoms with Crippen LogP contribution in [0.3, 0.4) is 0 Å². The fourth-order valence-electron chi connectivity index (χ4n) is 0.806. The third-order valence-corrected chi connectivity index (χ3v) is 20.2. The zero-order chi connectivity index (χ0) is 11.9. The van der Waals surface area contributed by atoms with Gasteiger partial charge in [0.15, 0.2) is 0 Å². The van der Waals surface area contributed by atoms with Crippen molar-refractivity contribution in [1.82, 2.24) is 0 Å². The van der Waals surface area contributed by atoms with Gasteiger partial charge in [0, 0.05) is 0 Å². The molecule has 0 rings (SSSR count). The van der Waals surface area contributed by atoms with Crippen molar-refractivity contribution in [3.8, 4) is 0 Å². The Morgan fingerprint density at radius 1 is 0.562 bits per heavy atom. The Balaban J connectivity index is 0. The van der Waals surface area contributed by atoms with Gasteiger partial charge < -0.3 is 0 Å². The predicted molar refractivity (Wildman–Crippen MR) is 66.4 cm³/mol. The van der Waals surface area contributed by atoms with Crippen LogP contribution in [0.2, 0.25) is 0 Å². The normalized spacial score (nSPS) is 14.6. The molecule has 0 amide bonds. The number of aliphatic hydroxyl groups excluding tert-OH is 6. The molecule has 0 radical (unpaired) electrons. The van der Waals surface area contributed by atoms with Crippen LogP contribution in [0.5, 0.6) is 0 Å². The first kappa shape index (κ1) is 19.7. The van der Waals surface area contributed by atoms with E-state index in [-0.39, 0.29) is 50.5 Å². The molecule has 0 aliphatic carbocycles. The molecule has 0 heterocycles. The molecule has 0 unspecified atom stereocenters. The zero-order valence-corrected chi connectivity index (χ0v) is 12.5. The minimum absolute atomic E-state index is 0. The SMILES string of the molecule is Cl.OC[PH](CO)(CO)[Ni][PH](CO)(CO)CO. The van der Waals surface area contributed by atoms with Crippen molar-refractivity contribution in [2.24, 2.45) is 0 Å². The van der Waals surface area contributed by atoms with Crippen LogP contribution in [0.25, 0.3) is 0 Å². The summed E-state index contributed by atoms with van der Waals surface area (Å²) in [6, 6.07) is -5.46. The van der Waals surface area contributed by atoms with Crippen molar-refractivity contribution in [3.63, 3.8) is 0 Å². The van der Waals surface area contributed by atoms with Crippen molar-refractivity contribution in [2.45, 2.75) is 0 Å². The van der Waals surface area contributed by atoms with Crippen LogP contribution in [-0.2, 0) is 13.6 Å². The molecule has 0 saturated heterocycles. The molecule has 0 aromatic rings. The first-order valence-electron chi connectivity index (χ1n) is 4.33. The summed E-state index contributed by atoms with van der Waals surface area (Å²) >= 11 is 0.851. The second kappa shape index (κ2) is 9.35. The summed E-state index contributed by atoms with van der Waals surface area (Å²) < 4.78 is 0. The third-order valence-electron chi connectivity index (χ3n) is 1.98. The number of hydrogen-bond donors (Lipinski definition) is 6. The van der Waals surface area contributed by atoms with Crippen LogP contribution in [0.4, 0.5) is 0 Å². The number of rotatable bonds is 8. The Morgan fingerprint density at radius 3 is 0.875 bits per heavy atom. The first-order chi connectivity index (χ1) is 7.07. The maximum atomic E-state index is 9.13. The standard InChI is InChI=1S/2C3H9O3P.ClH.Ni/c2*4-1-7(2-5)3-6;;/h2*4-6H,1-3H2;1H;/q;;;-2/p+2. The van der Waals surface area contributed by atoms with Gasteiger partial charge in [-0.25, -0.2) is 0 Å². The van der Waals surface area contributed by atoms with E-state index in [1.54, 1.807) is 0 Å². The quantitative estimate of drug-likeness (QED) is 0.236. The summed E-state index contributed by atoms with van der Waals surface area (Å²) in [6.07, 6.45) is -2.03. The van der Waals surface area contributed by atoms with E-state index >= 15 is 0 Å². The van der Waals surface area contributed by atoms with Crippen LogP contribution in [-0.4, -0.2) is 68.7 Å². The topological polar surface area (TPSA) is 121 Å². The van der Waals surface area contributed by atoms with Gasteiger partial charge in [0.25, 0.3) is 0 Å². The van der Waals surface area contributed by atoms with Crippen LogP contribution < -0.4 is 0 Å². The van der Waals surface area contributed by atoms with Crippen molar-refractivity contribution < 1.29 is 44.2 Å². The molecule has 6 N–H and O–H groups in total. The van der Waals surface area contributed by atoms with Crippen LogP contribution in [0.1, 0.15) is 0 Å². The summed E-state index contributed by atoms with van der Waals surface area (Å²) in [7, 11) is 0. The van der Waals surface area contributed by atoms with E-state index < -0.39 is 12.1 Å². The van der Waals surface area contributed by atoms with Gasteiger partial charge in [-0.15, -0.1) is 12.4 Å². The second-order valence-corrected chi connectivity index (χ2v) is 18.6. The summed E-state index contributed by atoms with van der Waals surface area (Å²) in [4.78, 5) is 0. The van der Waals surface area contributed by atoms with E-state index in [1.165, 1.54) is 0 Å². The fourth-order valence-corrected chi connectivity index (χ4v) is 19.7. The van der Waals surface area contributed by atoms with Gasteiger partial charge in [-0.2, -0.15) is 0 Å². The van der Waals surface area contributed by atoms with E-state index in [9.17, 15) is 0 Å². The molecule has 0 fully saturated rings. The molecule has 0 aliphatic heterocycles. The Labute approximate surface area is 107 Å². The number of hydrogen-bond acceptors (Lipinski definition) is 6. The monoisotopic (exact) mass is 344 g/mol. The first-order valence-corrected chi connectivity index (χ1v) is 12.2. The van der Waals surface area contributed by atoms with Gasteiger partial charge in [-0.1, -0.05) is 0 Å². The fraction of sp³-hybridized carbons (Fsp3) is 1.00. The summed E-state index contributed by atoms with van der Waals surface area (Å²) in [5.74, 6) is 0. The van der Waals surface area contributed by atoms with E-state index in [2.05, 4.69) is 0 Å². The van der Waals surface area contributed by atoms with Crippen LogP contribution in [0, 0.1) is 0 Å². The maximum absolute atomic E-state index is 9.13. The molecule has 6 nitrogen and oxygen atoms in total. The summed E-state index contributed by atoms with van der Waals surface area (Å²) in [5.41, 5.74) is 0. The average Bonchev–Trinajstić information content (AvgIpc) is 2.33. The van der Waals surface area contributed by atoms with E-state index in [0.29, 0.717) is 0 Å². The third kappa shape index (κ3) is 4.95. The number of aliphatic hydroxyl groups is 6. The van der Waals surface area contributed by atoms with Crippen LogP contribution in [0.15, 0.2) is 0 Å². The molecule has 108 valence electrons. The van der Waals surface area contributed by atoms with Crippen molar-refractivity contribution in [3.05, 3.63) is 0 Å². The molecule has 0 spiro atoms. The summed E-state index contributed by atoms with van der Waals surface area (Å²) in [5, 5.41) is 54.8.